The Morgan fingerprint density at radius 3 is 2.81 bits per heavy atom. The van der Waals surface area contributed by atoms with Gasteiger partial charge in [0.1, 0.15) is 0 Å². The molecule has 8 heteroatoms. The summed E-state index contributed by atoms with van der Waals surface area (Å²) in [5.74, 6) is -0.0797. The van der Waals surface area contributed by atoms with E-state index in [0.717, 1.165) is 27.7 Å². The smallest absolute Gasteiger partial charge is 0.311 e. The van der Waals surface area contributed by atoms with E-state index >= 15 is 0 Å². The normalized spacial score (nSPS) is 17.8. The molecule has 3 rings (SSSR count). The maximum atomic E-state index is 11.8. The standard InChI is InChI=1S/C13H15IN4O2S/c14-10-6-9(7-21-10)11-15-16-17-18(11)8-13(12(19)20)4-2-1-3-5-13/h6-7H,1-5,8H2,(H,19,20). The van der Waals surface area contributed by atoms with Gasteiger partial charge in [-0.3, -0.25) is 4.79 Å². The fraction of sp³-hybridized carbons (Fsp3) is 0.538. The third-order valence-corrected chi connectivity index (χ3v) is 5.86. The number of hydrogen-bond donors (Lipinski definition) is 1. The maximum Gasteiger partial charge on any atom is 0.311 e. The third-order valence-electron chi connectivity index (χ3n) is 4.07. The Hall–Kier alpha value is -1.03. The highest BCUT2D eigenvalue weighted by Gasteiger charge is 2.41. The highest BCUT2D eigenvalue weighted by atomic mass is 127. The van der Waals surface area contributed by atoms with E-state index in [9.17, 15) is 9.90 Å². The van der Waals surface area contributed by atoms with Gasteiger partial charge in [-0.25, -0.2) is 4.68 Å². The number of halogens is 1. The number of carboxylic acid groups (broad SMARTS) is 1. The highest BCUT2D eigenvalue weighted by molar-refractivity contribution is 14.1. The van der Waals surface area contributed by atoms with Crippen LogP contribution in [0.25, 0.3) is 11.4 Å². The van der Waals surface area contributed by atoms with E-state index < -0.39 is 11.4 Å². The molecule has 0 amide bonds. The Bertz CT molecular complexity index is 648. The van der Waals surface area contributed by atoms with Gasteiger partial charge in [-0.2, -0.15) is 0 Å². The lowest BCUT2D eigenvalue weighted by molar-refractivity contribution is -0.152. The van der Waals surface area contributed by atoms with Crippen molar-refractivity contribution in [1.82, 2.24) is 20.2 Å². The molecule has 0 aliphatic heterocycles. The predicted octanol–water partition coefficient (Wildman–Crippen LogP) is 3.04. The van der Waals surface area contributed by atoms with E-state index in [1.807, 2.05) is 11.4 Å². The van der Waals surface area contributed by atoms with E-state index in [2.05, 4.69) is 38.1 Å². The summed E-state index contributed by atoms with van der Waals surface area (Å²) in [6, 6.07) is 2.02. The summed E-state index contributed by atoms with van der Waals surface area (Å²) in [6.07, 6.45) is 4.42. The number of hydrogen-bond acceptors (Lipinski definition) is 5. The second-order valence-corrected chi connectivity index (χ2v) is 8.25. The van der Waals surface area contributed by atoms with Gasteiger partial charge in [0.25, 0.3) is 0 Å². The van der Waals surface area contributed by atoms with Crippen LogP contribution in [0.2, 0.25) is 0 Å². The first-order chi connectivity index (χ1) is 10.1. The first kappa shape index (κ1) is 14.9. The predicted molar refractivity (Wildman–Crippen MR) is 87.0 cm³/mol. The molecular weight excluding hydrogens is 403 g/mol. The minimum Gasteiger partial charge on any atom is -0.481 e. The molecule has 1 fully saturated rings. The zero-order chi connectivity index (χ0) is 14.9. The van der Waals surface area contributed by atoms with Crippen LogP contribution < -0.4 is 0 Å². The molecule has 0 aromatic carbocycles. The van der Waals surface area contributed by atoms with Crippen molar-refractivity contribution in [2.45, 2.75) is 38.6 Å². The maximum absolute atomic E-state index is 11.8. The van der Waals surface area contributed by atoms with Crippen molar-refractivity contribution in [3.8, 4) is 11.4 Å². The largest absolute Gasteiger partial charge is 0.481 e. The molecule has 1 aliphatic rings. The number of rotatable bonds is 4. The summed E-state index contributed by atoms with van der Waals surface area (Å²) < 4.78 is 2.81. The molecule has 2 aromatic rings. The van der Waals surface area contributed by atoms with Crippen LogP contribution in [0.5, 0.6) is 0 Å². The molecule has 6 nitrogen and oxygen atoms in total. The summed E-state index contributed by atoms with van der Waals surface area (Å²) in [6.45, 7) is 0.344. The molecule has 0 saturated heterocycles. The molecule has 0 atom stereocenters. The van der Waals surface area contributed by atoms with Gasteiger partial charge >= 0.3 is 5.97 Å². The molecule has 0 unspecified atom stereocenters. The van der Waals surface area contributed by atoms with Crippen molar-refractivity contribution in [1.29, 1.82) is 0 Å². The molecule has 112 valence electrons. The van der Waals surface area contributed by atoms with Crippen LogP contribution in [0, 0.1) is 8.30 Å². The van der Waals surface area contributed by atoms with Gasteiger partial charge in [-0.05, 0) is 51.9 Å². The zero-order valence-corrected chi connectivity index (χ0v) is 14.3. The van der Waals surface area contributed by atoms with Crippen LogP contribution in [0.4, 0.5) is 0 Å². The van der Waals surface area contributed by atoms with Crippen molar-refractivity contribution < 1.29 is 9.90 Å². The van der Waals surface area contributed by atoms with Crippen LogP contribution in [0.1, 0.15) is 32.1 Å². The molecule has 2 aromatic heterocycles. The average molecular weight is 418 g/mol. The quantitative estimate of drug-likeness (QED) is 0.773. The van der Waals surface area contributed by atoms with Crippen molar-refractivity contribution in [3.05, 3.63) is 14.3 Å². The first-order valence-corrected chi connectivity index (χ1v) is 8.81. The number of aromatic nitrogens is 4. The van der Waals surface area contributed by atoms with Gasteiger partial charge in [0.15, 0.2) is 5.82 Å². The SMILES string of the molecule is O=C(O)C1(Cn2nnnc2-c2csc(I)c2)CCCCC1. The Balaban J connectivity index is 1.91. The summed E-state index contributed by atoms with van der Waals surface area (Å²) >= 11 is 3.88. The van der Waals surface area contributed by atoms with E-state index in [0.29, 0.717) is 25.2 Å². The molecule has 0 radical (unpaired) electrons. The second kappa shape index (κ2) is 5.99. The van der Waals surface area contributed by atoms with Crippen LogP contribution in [-0.2, 0) is 11.3 Å². The van der Waals surface area contributed by atoms with Crippen LogP contribution >= 0.6 is 33.9 Å². The van der Waals surface area contributed by atoms with Crippen molar-refractivity contribution >= 4 is 39.9 Å². The molecular formula is C13H15IN4O2S. The fourth-order valence-corrected chi connectivity index (χ4v) is 4.22. The van der Waals surface area contributed by atoms with Crippen molar-refractivity contribution in [3.63, 3.8) is 0 Å². The number of nitrogens with zero attached hydrogens (tertiary/aromatic N) is 4. The van der Waals surface area contributed by atoms with Crippen molar-refractivity contribution in [2.75, 3.05) is 0 Å². The molecule has 1 saturated carbocycles. The van der Waals surface area contributed by atoms with Gasteiger partial charge in [0.05, 0.1) is 14.8 Å². The Morgan fingerprint density at radius 2 is 2.19 bits per heavy atom. The summed E-state index contributed by atoms with van der Waals surface area (Å²) in [7, 11) is 0. The van der Waals surface area contributed by atoms with E-state index in [1.165, 1.54) is 0 Å². The van der Waals surface area contributed by atoms with Gasteiger partial charge in [-0.1, -0.05) is 19.3 Å². The summed E-state index contributed by atoms with van der Waals surface area (Å²) in [5, 5.41) is 23.5. The van der Waals surface area contributed by atoms with Gasteiger partial charge in [0, 0.05) is 10.9 Å². The highest BCUT2D eigenvalue weighted by Crippen LogP contribution is 2.38. The Kier molecular flexibility index (Phi) is 4.25. The van der Waals surface area contributed by atoms with Crippen molar-refractivity contribution in [2.24, 2.45) is 5.41 Å². The Morgan fingerprint density at radius 1 is 1.43 bits per heavy atom. The topological polar surface area (TPSA) is 80.9 Å². The van der Waals surface area contributed by atoms with E-state index in [-0.39, 0.29) is 0 Å². The number of carbonyl (C=O) groups is 1. The first-order valence-electron chi connectivity index (χ1n) is 6.85. The minimum atomic E-state index is -0.733. The average Bonchev–Trinajstić information content (AvgIpc) is 3.08. The summed E-state index contributed by atoms with van der Waals surface area (Å²) in [4.78, 5) is 11.8. The molecule has 1 aliphatic carbocycles. The number of carboxylic acids is 1. The lowest BCUT2D eigenvalue weighted by atomic mass is 9.74. The van der Waals surface area contributed by atoms with Crippen LogP contribution in [-0.4, -0.2) is 31.3 Å². The van der Waals surface area contributed by atoms with Crippen LogP contribution in [0.3, 0.4) is 0 Å². The van der Waals surface area contributed by atoms with Gasteiger partial charge < -0.3 is 5.11 Å². The Labute approximate surface area is 139 Å². The molecule has 0 bridgehead atoms. The zero-order valence-electron chi connectivity index (χ0n) is 11.3. The molecule has 21 heavy (non-hydrogen) atoms. The third kappa shape index (κ3) is 2.96. The summed E-state index contributed by atoms with van der Waals surface area (Å²) in [5.41, 5.74) is 0.219. The monoisotopic (exact) mass is 418 g/mol. The van der Waals surface area contributed by atoms with Gasteiger partial charge in [0.2, 0.25) is 0 Å². The van der Waals surface area contributed by atoms with Gasteiger partial charge in [-0.15, -0.1) is 16.4 Å². The lowest BCUT2D eigenvalue weighted by Gasteiger charge is -2.32. The van der Waals surface area contributed by atoms with E-state index in [4.69, 9.17) is 0 Å². The molecule has 2 heterocycles. The molecule has 1 N–H and O–H groups in total. The number of tetrazole rings is 1. The lowest BCUT2D eigenvalue weighted by Crippen LogP contribution is -2.38. The number of thiophene rings is 1. The molecule has 0 spiro atoms. The minimum absolute atomic E-state index is 0.344. The number of aliphatic carboxylic acids is 1. The van der Waals surface area contributed by atoms with Crippen LogP contribution in [0.15, 0.2) is 11.4 Å². The second-order valence-electron chi connectivity index (χ2n) is 5.45. The van der Waals surface area contributed by atoms with E-state index in [1.54, 1.807) is 16.0 Å². The fourth-order valence-electron chi connectivity index (χ4n) is 2.90.